The Labute approximate surface area is 150 Å². The van der Waals surface area contributed by atoms with E-state index in [1.807, 2.05) is 0 Å². The van der Waals surface area contributed by atoms with Crippen LogP contribution >= 0.6 is 0 Å². The first kappa shape index (κ1) is 21.4. The monoisotopic (exact) mass is 381 g/mol. The van der Waals surface area contributed by atoms with Crippen molar-refractivity contribution in [2.45, 2.75) is 69.1 Å². The van der Waals surface area contributed by atoms with Gasteiger partial charge in [0.05, 0.1) is 19.3 Å². The first-order chi connectivity index (χ1) is 12.2. The van der Waals surface area contributed by atoms with E-state index in [0.29, 0.717) is 0 Å². The number of rotatable bonds is 5. The zero-order chi connectivity index (χ0) is 19.6. The predicted octanol–water partition coefficient (Wildman–Crippen LogP) is -3.98. The highest BCUT2D eigenvalue weighted by atomic mass is 16.7. The molecule has 2 rings (SSSR count). The van der Waals surface area contributed by atoms with Gasteiger partial charge < -0.3 is 50.2 Å². The Morgan fingerprint density at radius 3 is 2.15 bits per heavy atom. The summed E-state index contributed by atoms with van der Waals surface area (Å²) >= 11 is 0. The van der Waals surface area contributed by atoms with Crippen molar-refractivity contribution in [3.63, 3.8) is 0 Å². The zero-order valence-electron chi connectivity index (χ0n) is 14.5. The summed E-state index contributed by atoms with van der Waals surface area (Å²) in [7, 11) is 0. The molecule has 2 aliphatic heterocycles. The lowest BCUT2D eigenvalue weighted by molar-refractivity contribution is -0.333. The molecule has 2 fully saturated rings. The second-order valence-electron chi connectivity index (χ2n) is 6.63. The molecule has 7 N–H and O–H groups in total. The molecule has 1 amide bonds. The van der Waals surface area contributed by atoms with E-state index in [2.05, 4.69) is 5.32 Å². The van der Waals surface area contributed by atoms with Gasteiger partial charge in [-0.05, 0) is 0 Å². The predicted molar refractivity (Wildman–Crippen MR) is 83.4 cm³/mol. The van der Waals surface area contributed by atoms with Gasteiger partial charge in [-0.15, -0.1) is 0 Å². The quantitative estimate of drug-likeness (QED) is 0.248. The van der Waals surface area contributed by atoms with Gasteiger partial charge in [0.1, 0.15) is 36.6 Å². The summed E-state index contributed by atoms with van der Waals surface area (Å²) in [4.78, 5) is 11.4. The maximum atomic E-state index is 11.4. The van der Waals surface area contributed by atoms with Gasteiger partial charge in [-0.1, -0.05) is 6.92 Å². The third kappa shape index (κ3) is 4.32. The molecule has 10 atom stereocenters. The smallest absolute Gasteiger partial charge is 0.217 e. The maximum absolute atomic E-state index is 11.4. The SMILES string of the molecule is CC(=O)NC1[C@@H](O[C@H]2C(CO)O[C@H](O)C(C)[C@@H]2O)OC(CO)[C@H](O)[C@H]1O. The minimum Gasteiger partial charge on any atom is -0.394 e. The molecule has 11 heteroatoms. The lowest BCUT2D eigenvalue weighted by atomic mass is 9.91. The van der Waals surface area contributed by atoms with E-state index in [1.54, 1.807) is 0 Å². The van der Waals surface area contributed by atoms with Crippen molar-refractivity contribution in [1.82, 2.24) is 5.32 Å². The van der Waals surface area contributed by atoms with E-state index >= 15 is 0 Å². The van der Waals surface area contributed by atoms with Crippen LogP contribution in [0.2, 0.25) is 0 Å². The normalized spacial score (nSPS) is 46.8. The molecule has 0 spiro atoms. The van der Waals surface area contributed by atoms with Crippen LogP contribution in [-0.2, 0) is 19.0 Å². The largest absolute Gasteiger partial charge is 0.394 e. The van der Waals surface area contributed by atoms with Crippen LogP contribution in [0.4, 0.5) is 0 Å². The van der Waals surface area contributed by atoms with Gasteiger partial charge in [0, 0.05) is 12.8 Å². The van der Waals surface area contributed by atoms with Gasteiger partial charge in [-0.3, -0.25) is 4.79 Å². The van der Waals surface area contributed by atoms with Crippen LogP contribution in [0.1, 0.15) is 13.8 Å². The number of aliphatic hydroxyl groups is 6. The Morgan fingerprint density at radius 1 is 1.00 bits per heavy atom. The lowest BCUT2D eigenvalue weighted by Crippen LogP contribution is -2.67. The van der Waals surface area contributed by atoms with Gasteiger partial charge in [0.2, 0.25) is 5.91 Å². The second kappa shape index (κ2) is 8.87. The summed E-state index contributed by atoms with van der Waals surface area (Å²) in [5, 5.41) is 61.5. The Kier molecular flexibility index (Phi) is 7.30. The fraction of sp³-hybridized carbons (Fsp3) is 0.933. The van der Waals surface area contributed by atoms with Crippen molar-refractivity contribution < 1.29 is 49.6 Å². The number of carbonyl (C=O) groups excluding carboxylic acids is 1. The fourth-order valence-corrected chi connectivity index (χ4v) is 3.12. The van der Waals surface area contributed by atoms with Crippen LogP contribution in [0.25, 0.3) is 0 Å². The molecule has 152 valence electrons. The highest BCUT2D eigenvalue weighted by molar-refractivity contribution is 5.73. The number of amides is 1. The number of hydrogen-bond donors (Lipinski definition) is 7. The van der Waals surface area contributed by atoms with Crippen molar-refractivity contribution >= 4 is 5.91 Å². The fourth-order valence-electron chi connectivity index (χ4n) is 3.12. The van der Waals surface area contributed by atoms with Crippen molar-refractivity contribution in [3.8, 4) is 0 Å². The number of nitrogens with one attached hydrogen (secondary N) is 1. The second-order valence-corrected chi connectivity index (χ2v) is 6.63. The van der Waals surface area contributed by atoms with E-state index in [0.717, 1.165) is 0 Å². The van der Waals surface area contributed by atoms with E-state index in [-0.39, 0.29) is 0 Å². The topological polar surface area (TPSA) is 178 Å². The number of carbonyl (C=O) groups is 1. The zero-order valence-corrected chi connectivity index (χ0v) is 14.5. The summed E-state index contributed by atoms with van der Waals surface area (Å²) in [6.45, 7) is 1.52. The molecule has 0 aromatic rings. The Balaban J connectivity index is 2.22. The molecular formula is C15H27NO10. The standard InChI is InChI=1S/C15H27NO10/c1-5-10(20)13(8(4-18)24-14(5)23)26-15-9(16-6(2)19)12(22)11(21)7(3-17)25-15/h5,7-15,17-18,20-23H,3-4H2,1-2H3,(H,16,19)/t5?,7?,8?,9?,10-,11-,12-,13-,14-,15+/m0/s1. The highest BCUT2D eigenvalue weighted by Crippen LogP contribution is 2.30. The molecular weight excluding hydrogens is 354 g/mol. The van der Waals surface area contributed by atoms with Crippen molar-refractivity contribution in [3.05, 3.63) is 0 Å². The van der Waals surface area contributed by atoms with Crippen LogP contribution in [-0.4, -0.2) is 105 Å². The molecule has 2 heterocycles. The molecule has 0 saturated carbocycles. The number of aliphatic hydroxyl groups excluding tert-OH is 6. The average Bonchev–Trinajstić information content (AvgIpc) is 2.60. The first-order valence-electron chi connectivity index (χ1n) is 8.38. The maximum Gasteiger partial charge on any atom is 0.217 e. The molecule has 11 nitrogen and oxygen atoms in total. The number of ether oxygens (including phenoxy) is 3. The van der Waals surface area contributed by atoms with Crippen molar-refractivity contribution in [1.29, 1.82) is 0 Å². The molecule has 26 heavy (non-hydrogen) atoms. The highest BCUT2D eigenvalue weighted by Gasteiger charge is 2.50. The summed E-state index contributed by atoms with van der Waals surface area (Å²) < 4.78 is 16.3. The van der Waals surface area contributed by atoms with Gasteiger partial charge in [0.25, 0.3) is 0 Å². The Morgan fingerprint density at radius 2 is 1.62 bits per heavy atom. The molecule has 2 saturated heterocycles. The number of hydrogen-bond acceptors (Lipinski definition) is 10. The third-order valence-corrected chi connectivity index (χ3v) is 4.73. The van der Waals surface area contributed by atoms with Gasteiger partial charge >= 0.3 is 0 Å². The first-order valence-corrected chi connectivity index (χ1v) is 8.38. The summed E-state index contributed by atoms with van der Waals surface area (Å²) in [6, 6.07) is -1.20. The lowest BCUT2D eigenvalue weighted by Gasteiger charge is -2.46. The van der Waals surface area contributed by atoms with Crippen LogP contribution < -0.4 is 5.32 Å². The Hall–Kier alpha value is -0.890. The molecule has 2 aliphatic rings. The molecule has 0 bridgehead atoms. The summed E-state index contributed by atoms with van der Waals surface area (Å²) in [5.41, 5.74) is 0. The van der Waals surface area contributed by atoms with E-state index in [4.69, 9.17) is 14.2 Å². The van der Waals surface area contributed by atoms with Gasteiger partial charge in [-0.25, -0.2) is 0 Å². The van der Waals surface area contributed by atoms with Crippen LogP contribution in [0.3, 0.4) is 0 Å². The van der Waals surface area contributed by atoms with Gasteiger partial charge in [0.15, 0.2) is 12.6 Å². The summed E-state index contributed by atoms with van der Waals surface area (Å²) in [5.74, 6) is -1.27. The molecule has 0 aromatic heterocycles. The van der Waals surface area contributed by atoms with E-state index < -0.39 is 80.3 Å². The molecule has 4 unspecified atom stereocenters. The minimum absolute atomic E-state index is 0.524. The minimum atomic E-state index is -1.51. The van der Waals surface area contributed by atoms with Crippen LogP contribution in [0.5, 0.6) is 0 Å². The van der Waals surface area contributed by atoms with E-state index in [1.165, 1.54) is 13.8 Å². The van der Waals surface area contributed by atoms with Crippen LogP contribution in [0, 0.1) is 5.92 Å². The molecule has 0 aromatic carbocycles. The van der Waals surface area contributed by atoms with Crippen molar-refractivity contribution in [2.24, 2.45) is 5.92 Å². The van der Waals surface area contributed by atoms with Crippen molar-refractivity contribution in [2.75, 3.05) is 13.2 Å². The third-order valence-electron chi connectivity index (χ3n) is 4.73. The average molecular weight is 381 g/mol. The summed E-state index contributed by atoms with van der Waals surface area (Å²) in [6.07, 6.45) is -10.3. The van der Waals surface area contributed by atoms with Gasteiger partial charge in [-0.2, -0.15) is 0 Å². The Bertz CT molecular complexity index is 477. The molecule has 0 aliphatic carbocycles. The van der Waals surface area contributed by atoms with Crippen LogP contribution in [0.15, 0.2) is 0 Å². The van der Waals surface area contributed by atoms with E-state index in [9.17, 15) is 35.4 Å². The molecule has 0 radical (unpaired) electrons.